The molecule has 0 aliphatic rings. The zero-order chi connectivity index (χ0) is 26.8. The summed E-state index contributed by atoms with van der Waals surface area (Å²) in [5, 5.41) is 0. The lowest BCUT2D eigenvalue weighted by molar-refractivity contribution is -0.726. The van der Waals surface area contributed by atoms with Crippen molar-refractivity contribution in [3.05, 3.63) is 18.2 Å². The van der Waals surface area contributed by atoms with Crippen LogP contribution >= 0.6 is 0 Å². The van der Waals surface area contributed by atoms with Gasteiger partial charge in [0.25, 0.3) is 5.82 Å². The summed E-state index contributed by atoms with van der Waals surface area (Å²) in [6, 6.07) is 0.600. The molecule has 218 valence electrons. The van der Waals surface area contributed by atoms with Crippen molar-refractivity contribution in [1.82, 2.24) is 4.98 Å². The molecule has 2 atom stereocenters. The van der Waals surface area contributed by atoms with Crippen molar-refractivity contribution in [2.75, 3.05) is 0 Å². The van der Waals surface area contributed by atoms with Gasteiger partial charge in [-0.1, -0.05) is 168 Å². The van der Waals surface area contributed by atoms with Gasteiger partial charge in [0.05, 0.1) is 12.0 Å². The van der Waals surface area contributed by atoms with Gasteiger partial charge in [0.2, 0.25) is 0 Å². The molecule has 2 heteroatoms. The van der Waals surface area contributed by atoms with E-state index in [4.69, 9.17) is 0 Å². The molecule has 1 rings (SSSR count). The average Bonchev–Trinajstić information content (AvgIpc) is 3.40. The molecule has 0 amide bonds. The highest BCUT2D eigenvalue weighted by Crippen LogP contribution is 2.27. The van der Waals surface area contributed by atoms with Crippen LogP contribution < -0.4 is 4.57 Å². The Bertz CT molecular complexity index is 578. The lowest BCUT2D eigenvalue weighted by Gasteiger charge is -2.16. The van der Waals surface area contributed by atoms with Gasteiger partial charge < -0.3 is 0 Å². The van der Waals surface area contributed by atoms with E-state index >= 15 is 0 Å². The summed E-state index contributed by atoms with van der Waals surface area (Å²) in [4.78, 5) is 3.67. The van der Waals surface area contributed by atoms with Crippen LogP contribution in [0.3, 0.4) is 0 Å². The van der Waals surface area contributed by atoms with Crippen LogP contribution in [0.25, 0.3) is 0 Å². The van der Waals surface area contributed by atoms with E-state index < -0.39 is 0 Å². The second kappa shape index (κ2) is 25.5. The molecule has 0 saturated heterocycles. The van der Waals surface area contributed by atoms with Gasteiger partial charge in [-0.25, -0.2) is 9.55 Å². The van der Waals surface area contributed by atoms with Gasteiger partial charge in [0.1, 0.15) is 12.4 Å². The fourth-order valence-corrected chi connectivity index (χ4v) is 5.97. The molecule has 1 heterocycles. The van der Waals surface area contributed by atoms with Crippen LogP contribution in [0.5, 0.6) is 0 Å². The first kappa shape index (κ1) is 34.2. The molecule has 1 N–H and O–H groups in total. The summed E-state index contributed by atoms with van der Waals surface area (Å²) in [5.41, 5.74) is 0. The Morgan fingerprint density at radius 3 is 1.24 bits per heavy atom. The van der Waals surface area contributed by atoms with Crippen molar-refractivity contribution in [3.63, 3.8) is 0 Å². The summed E-state index contributed by atoms with van der Waals surface area (Å²) in [7, 11) is 0. The molecule has 0 bridgehead atoms. The number of rotatable bonds is 28. The van der Waals surface area contributed by atoms with Crippen LogP contribution in [0, 0.1) is 0 Å². The van der Waals surface area contributed by atoms with Gasteiger partial charge in [-0.05, 0) is 26.2 Å². The summed E-state index contributed by atoms with van der Waals surface area (Å²) >= 11 is 0. The molecule has 0 aromatic carbocycles. The first-order chi connectivity index (χ1) is 18.2. The van der Waals surface area contributed by atoms with E-state index in [1.165, 1.54) is 173 Å². The normalized spacial score (nSPS) is 13.3. The summed E-state index contributed by atoms with van der Waals surface area (Å²) in [6.07, 6.45) is 41.5. The molecule has 0 spiro atoms. The summed E-state index contributed by atoms with van der Waals surface area (Å²) < 4.78 is 2.54. The lowest BCUT2D eigenvalue weighted by Crippen LogP contribution is -2.40. The van der Waals surface area contributed by atoms with E-state index in [1.807, 2.05) is 0 Å². The number of H-pyrrole nitrogens is 1. The van der Waals surface area contributed by atoms with Gasteiger partial charge in [-0.3, -0.25) is 0 Å². The first-order valence-corrected chi connectivity index (χ1v) is 17.3. The maximum absolute atomic E-state index is 3.67. The Labute approximate surface area is 234 Å². The number of nitrogens with zero attached hydrogens (tertiary/aromatic N) is 1. The second-order valence-electron chi connectivity index (χ2n) is 12.2. The second-order valence-corrected chi connectivity index (χ2v) is 12.2. The van der Waals surface area contributed by atoms with Crippen molar-refractivity contribution < 1.29 is 4.57 Å². The van der Waals surface area contributed by atoms with Gasteiger partial charge in [0.15, 0.2) is 0 Å². The van der Waals surface area contributed by atoms with Crippen molar-refractivity contribution in [2.24, 2.45) is 0 Å². The van der Waals surface area contributed by atoms with Crippen molar-refractivity contribution in [2.45, 2.75) is 207 Å². The Morgan fingerprint density at radius 1 is 0.541 bits per heavy atom. The SMILES string of the molecule is CCCCCCCCCCCCCCCC(CCCCCCCCCCCC)c1[nH]cc[n+]1C(C)CC. The van der Waals surface area contributed by atoms with E-state index in [-0.39, 0.29) is 0 Å². The lowest BCUT2D eigenvalue weighted by atomic mass is 9.93. The highest BCUT2D eigenvalue weighted by atomic mass is 15.1. The smallest absolute Gasteiger partial charge is 0.247 e. The number of unbranched alkanes of at least 4 members (excludes halogenated alkanes) is 21. The van der Waals surface area contributed by atoms with Gasteiger partial charge >= 0.3 is 0 Å². The third-order valence-electron chi connectivity index (χ3n) is 8.76. The van der Waals surface area contributed by atoms with Gasteiger partial charge in [-0.2, -0.15) is 0 Å². The van der Waals surface area contributed by atoms with Crippen LogP contribution in [-0.2, 0) is 0 Å². The van der Waals surface area contributed by atoms with E-state index in [0.717, 1.165) is 0 Å². The van der Waals surface area contributed by atoms with Gasteiger partial charge in [0, 0.05) is 0 Å². The van der Waals surface area contributed by atoms with E-state index in [1.54, 1.807) is 0 Å². The number of aromatic nitrogens is 2. The Kier molecular flexibility index (Phi) is 23.6. The molecule has 1 aromatic rings. The zero-order valence-electron chi connectivity index (χ0n) is 26.1. The quantitative estimate of drug-likeness (QED) is 0.0842. The monoisotopic (exact) mass is 518 g/mol. The minimum atomic E-state index is 0.600. The third-order valence-corrected chi connectivity index (χ3v) is 8.76. The fourth-order valence-electron chi connectivity index (χ4n) is 5.97. The first-order valence-electron chi connectivity index (χ1n) is 17.3. The standard InChI is InChI=1S/C35H68N2/c1-5-8-10-12-14-16-18-19-20-22-24-26-28-30-34(35-36-31-32-37(35)33(4)7-3)29-27-25-23-21-17-15-13-11-9-6-2/h31-34H,5-30H2,1-4H3/p+1. The predicted molar refractivity (Wildman–Crippen MR) is 166 cm³/mol. The molecule has 37 heavy (non-hydrogen) atoms. The van der Waals surface area contributed by atoms with Crippen LogP contribution in [0.1, 0.15) is 212 Å². The number of aromatic amines is 1. The number of hydrogen-bond donors (Lipinski definition) is 1. The minimum absolute atomic E-state index is 0.600. The Hall–Kier alpha value is -0.790. The zero-order valence-corrected chi connectivity index (χ0v) is 26.1. The van der Waals surface area contributed by atoms with Gasteiger partial charge in [-0.15, -0.1) is 0 Å². The topological polar surface area (TPSA) is 19.7 Å². The van der Waals surface area contributed by atoms with Crippen molar-refractivity contribution in [3.8, 4) is 0 Å². The maximum atomic E-state index is 3.67. The number of nitrogens with one attached hydrogen (secondary N) is 1. The molecule has 0 radical (unpaired) electrons. The third kappa shape index (κ3) is 18.2. The van der Waals surface area contributed by atoms with Crippen molar-refractivity contribution in [1.29, 1.82) is 0 Å². The molecule has 2 unspecified atom stereocenters. The van der Waals surface area contributed by atoms with Crippen LogP contribution in [-0.4, -0.2) is 4.98 Å². The van der Waals surface area contributed by atoms with Crippen LogP contribution in [0.4, 0.5) is 0 Å². The van der Waals surface area contributed by atoms with Crippen LogP contribution in [0.2, 0.25) is 0 Å². The van der Waals surface area contributed by atoms with Crippen molar-refractivity contribution >= 4 is 0 Å². The summed E-state index contributed by atoms with van der Waals surface area (Å²) in [5.74, 6) is 2.22. The number of imidazole rings is 1. The highest BCUT2D eigenvalue weighted by molar-refractivity contribution is 4.90. The molecule has 0 aliphatic carbocycles. The summed E-state index contributed by atoms with van der Waals surface area (Å²) in [6.45, 7) is 9.31. The minimum Gasteiger partial charge on any atom is -0.247 e. The largest absolute Gasteiger partial charge is 0.257 e. The fraction of sp³-hybridized carbons (Fsp3) is 0.914. The molecular formula is C35H69N2+. The molecule has 0 saturated carbocycles. The molecule has 1 aromatic heterocycles. The Balaban J connectivity index is 2.24. The molecule has 2 nitrogen and oxygen atoms in total. The average molecular weight is 518 g/mol. The molecule has 0 fully saturated rings. The van der Waals surface area contributed by atoms with Crippen LogP contribution in [0.15, 0.2) is 12.4 Å². The van der Waals surface area contributed by atoms with E-state index in [2.05, 4.69) is 49.6 Å². The molecular weight excluding hydrogens is 448 g/mol. The Morgan fingerprint density at radius 2 is 0.892 bits per heavy atom. The number of hydrogen-bond acceptors (Lipinski definition) is 0. The molecule has 0 aliphatic heterocycles. The predicted octanol–water partition coefficient (Wildman–Crippen LogP) is 12.1. The maximum Gasteiger partial charge on any atom is 0.257 e. The van der Waals surface area contributed by atoms with E-state index in [9.17, 15) is 0 Å². The van der Waals surface area contributed by atoms with E-state index in [0.29, 0.717) is 12.0 Å². The highest BCUT2D eigenvalue weighted by Gasteiger charge is 2.24.